The van der Waals surface area contributed by atoms with Crippen LogP contribution in [0.3, 0.4) is 0 Å². The van der Waals surface area contributed by atoms with Crippen LogP contribution in [0.1, 0.15) is 29.1 Å². The fraction of sp³-hybridized carbons (Fsp3) is 0.750. The Bertz CT molecular complexity index is 473. The first-order valence-corrected chi connectivity index (χ1v) is 9.08. The van der Waals surface area contributed by atoms with Crippen molar-refractivity contribution in [3.8, 4) is 0 Å². The highest BCUT2D eigenvalue weighted by Crippen LogP contribution is 2.27. The average molecular weight is 334 g/mol. The van der Waals surface area contributed by atoms with Gasteiger partial charge in [-0.2, -0.15) is 11.8 Å². The Hall–Kier alpha value is -0.370. The lowest BCUT2D eigenvalue weighted by Crippen LogP contribution is -2.44. The molecule has 1 aromatic heterocycles. The molecule has 5 nitrogen and oxygen atoms in total. The van der Waals surface area contributed by atoms with Crippen LogP contribution >= 0.6 is 34.7 Å². The van der Waals surface area contributed by atoms with Crippen LogP contribution in [0.4, 0.5) is 0 Å². The van der Waals surface area contributed by atoms with Gasteiger partial charge in [0.15, 0.2) is 0 Å². The quantitative estimate of drug-likeness (QED) is 0.846. The second kappa shape index (κ2) is 6.60. The number of ether oxygens (including phenoxy) is 1. The van der Waals surface area contributed by atoms with E-state index in [4.69, 9.17) is 16.3 Å². The summed E-state index contributed by atoms with van der Waals surface area (Å²) in [4.78, 5) is 14.6. The number of hydrogen-bond acceptors (Lipinski definition) is 6. The Labute approximate surface area is 131 Å². The zero-order valence-corrected chi connectivity index (χ0v) is 13.3. The monoisotopic (exact) mass is 333 g/mol. The molecule has 0 spiro atoms. The third kappa shape index (κ3) is 3.27. The summed E-state index contributed by atoms with van der Waals surface area (Å²) in [7, 11) is 0. The van der Waals surface area contributed by atoms with Crippen LogP contribution in [0.15, 0.2) is 0 Å². The largest absolute Gasteiger partial charge is 0.376 e. The second-order valence-corrected chi connectivity index (χ2v) is 7.68. The number of nitrogens with zero attached hydrogens (tertiary/aromatic N) is 3. The Morgan fingerprint density at radius 1 is 1.45 bits per heavy atom. The van der Waals surface area contributed by atoms with Gasteiger partial charge in [-0.15, -0.1) is 10.2 Å². The van der Waals surface area contributed by atoms with Crippen LogP contribution in [0.2, 0.25) is 4.47 Å². The molecule has 110 valence electrons. The summed E-state index contributed by atoms with van der Waals surface area (Å²) < 4.78 is 5.99. The summed E-state index contributed by atoms with van der Waals surface area (Å²) in [6, 6.07) is 0.277. The molecule has 2 saturated heterocycles. The van der Waals surface area contributed by atoms with Crippen LogP contribution in [0.25, 0.3) is 0 Å². The highest BCUT2D eigenvalue weighted by molar-refractivity contribution is 7.99. The first-order chi connectivity index (χ1) is 9.74. The van der Waals surface area contributed by atoms with E-state index in [0.717, 1.165) is 48.7 Å². The van der Waals surface area contributed by atoms with Gasteiger partial charge < -0.3 is 9.64 Å². The van der Waals surface area contributed by atoms with Crippen LogP contribution in [0, 0.1) is 0 Å². The van der Waals surface area contributed by atoms with Crippen LogP contribution < -0.4 is 0 Å². The molecule has 8 heteroatoms. The van der Waals surface area contributed by atoms with Gasteiger partial charge in [0.05, 0.1) is 6.10 Å². The lowest BCUT2D eigenvalue weighted by Gasteiger charge is -2.29. The molecule has 20 heavy (non-hydrogen) atoms. The minimum Gasteiger partial charge on any atom is -0.376 e. The minimum absolute atomic E-state index is 0.0580. The van der Waals surface area contributed by atoms with Gasteiger partial charge in [0, 0.05) is 24.9 Å². The van der Waals surface area contributed by atoms with Gasteiger partial charge in [-0.1, -0.05) is 11.3 Å². The molecule has 2 fully saturated rings. The summed E-state index contributed by atoms with van der Waals surface area (Å²) in [5.41, 5.74) is 0. The molecular formula is C12H16ClN3O2S2. The van der Waals surface area contributed by atoms with Crippen LogP contribution in [-0.4, -0.2) is 57.8 Å². The van der Waals surface area contributed by atoms with E-state index in [1.165, 1.54) is 0 Å². The third-order valence-electron chi connectivity index (χ3n) is 3.61. The highest BCUT2D eigenvalue weighted by atomic mass is 35.5. The smallest absolute Gasteiger partial charge is 0.285 e. The van der Waals surface area contributed by atoms with E-state index >= 15 is 0 Å². The van der Waals surface area contributed by atoms with Crippen molar-refractivity contribution < 1.29 is 9.53 Å². The fourth-order valence-corrected chi connectivity index (χ4v) is 4.60. The van der Waals surface area contributed by atoms with Crippen molar-refractivity contribution in [2.24, 2.45) is 0 Å². The number of carbonyl (C=O) groups is 1. The predicted molar refractivity (Wildman–Crippen MR) is 80.7 cm³/mol. The number of carbonyl (C=O) groups excluding carboxylic acids is 1. The number of rotatable bonds is 4. The number of thioether (sulfide) groups is 1. The third-order valence-corrected chi connectivity index (χ3v) is 5.77. The molecule has 0 aromatic carbocycles. The van der Waals surface area contributed by atoms with Crippen molar-refractivity contribution in [1.29, 1.82) is 0 Å². The number of amides is 1. The van der Waals surface area contributed by atoms with E-state index < -0.39 is 0 Å². The van der Waals surface area contributed by atoms with Gasteiger partial charge >= 0.3 is 0 Å². The van der Waals surface area contributed by atoms with Crippen molar-refractivity contribution in [2.75, 3.05) is 24.7 Å². The molecule has 0 saturated carbocycles. The Morgan fingerprint density at radius 2 is 2.35 bits per heavy atom. The van der Waals surface area contributed by atoms with Crippen LogP contribution in [-0.2, 0) is 4.74 Å². The Balaban J connectivity index is 1.74. The first-order valence-electron chi connectivity index (χ1n) is 6.73. The summed E-state index contributed by atoms with van der Waals surface area (Å²) in [6.07, 6.45) is 3.31. The Kier molecular flexibility index (Phi) is 4.80. The fourth-order valence-electron chi connectivity index (χ4n) is 2.59. The molecule has 1 aromatic rings. The van der Waals surface area contributed by atoms with Gasteiger partial charge in [0.25, 0.3) is 5.91 Å². The maximum atomic E-state index is 12.6. The van der Waals surface area contributed by atoms with Gasteiger partial charge in [-0.05, 0) is 36.6 Å². The molecule has 0 bridgehead atoms. The maximum absolute atomic E-state index is 12.6. The van der Waals surface area contributed by atoms with Gasteiger partial charge in [0.2, 0.25) is 9.47 Å². The predicted octanol–water partition coefficient (Wildman–Crippen LogP) is 2.32. The number of hydrogen-bond donors (Lipinski definition) is 0. The van der Waals surface area contributed by atoms with Gasteiger partial charge in [0.1, 0.15) is 0 Å². The van der Waals surface area contributed by atoms with E-state index in [2.05, 4.69) is 10.2 Å². The molecule has 2 unspecified atom stereocenters. The molecule has 2 aliphatic rings. The summed E-state index contributed by atoms with van der Waals surface area (Å²) >= 11 is 8.82. The highest BCUT2D eigenvalue weighted by Gasteiger charge is 2.32. The summed E-state index contributed by atoms with van der Waals surface area (Å²) in [5, 5.41) is 7.99. The molecule has 0 aliphatic carbocycles. The SMILES string of the molecule is O=C(c1nnc(Cl)s1)N(CC1CCCO1)C1CCSC1. The Morgan fingerprint density at radius 3 is 2.95 bits per heavy atom. The second-order valence-electron chi connectivity index (χ2n) is 4.97. The molecule has 3 rings (SSSR count). The molecular weight excluding hydrogens is 318 g/mol. The molecule has 0 radical (unpaired) electrons. The number of halogens is 1. The van der Waals surface area contributed by atoms with E-state index in [9.17, 15) is 4.79 Å². The van der Waals surface area contributed by atoms with Gasteiger partial charge in [-0.3, -0.25) is 4.79 Å². The van der Waals surface area contributed by atoms with E-state index in [1.807, 2.05) is 16.7 Å². The lowest BCUT2D eigenvalue weighted by molar-refractivity contribution is 0.0441. The van der Waals surface area contributed by atoms with E-state index in [0.29, 0.717) is 16.0 Å². The molecule has 2 atom stereocenters. The minimum atomic E-state index is -0.0580. The molecule has 2 aliphatic heterocycles. The van der Waals surface area contributed by atoms with Crippen molar-refractivity contribution >= 4 is 40.6 Å². The standard InChI is InChI=1S/C12H16ClN3O2S2/c13-12-15-14-10(20-12)11(17)16(8-3-5-19-7-8)6-9-2-1-4-18-9/h8-9H,1-7H2. The van der Waals surface area contributed by atoms with E-state index in [-0.39, 0.29) is 18.1 Å². The lowest BCUT2D eigenvalue weighted by atomic mass is 10.1. The maximum Gasteiger partial charge on any atom is 0.285 e. The van der Waals surface area contributed by atoms with E-state index in [1.54, 1.807) is 0 Å². The zero-order chi connectivity index (χ0) is 13.9. The van der Waals surface area contributed by atoms with Crippen molar-refractivity contribution in [1.82, 2.24) is 15.1 Å². The summed E-state index contributed by atoms with van der Waals surface area (Å²) in [5.74, 6) is 2.04. The topological polar surface area (TPSA) is 55.3 Å². The first kappa shape index (κ1) is 14.6. The molecule has 3 heterocycles. The molecule has 1 amide bonds. The van der Waals surface area contributed by atoms with Crippen LogP contribution in [0.5, 0.6) is 0 Å². The van der Waals surface area contributed by atoms with Crippen molar-refractivity contribution in [3.05, 3.63) is 9.47 Å². The number of aromatic nitrogens is 2. The summed E-state index contributed by atoms with van der Waals surface area (Å²) in [6.45, 7) is 1.46. The van der Waals surface area contributed by atoms with Gasteiger partial charge in [-0.25, -0.2) is 0 Å². The molecule has 0 N–H and O–H groups in total. The van der Waals surface area contributed by atoms with Crippen molar-refractivity contribution in [3.63, 3.8) is 0 Å². The zero-order valence-electron chi connectivity index (χ0n) is 11.0. The normalized spacial score (nSPS) is 26.1. The average Bonchev–Trinajstić information content (AvgIpc) is 3.17. The van der Waals surface area contributed by atoms with Crippen molar-refractivity contribution in [2.45, 2.75) is 31.4 Å².